The molecule has 2 aliphatic rings. The fourth-order valence-corrected chi connectivity index (χ4v) is 4.04. The van der Waals surface area contributed by atoms with Crippen molar-refractivity contribution in [3.8, 4) is 0 Å². The summed E-state index contributed by atoms with van der Waals surface area (Å²) in [6.45, 7) is 0. The Balaban J connectivity index is 1.76. The van der Waals surface area contributed by atoms with E-state index in [9.17, 15) is 4.39 Å². The quantitative estimate of drug-likeness (QED) is 0.822. The van der Waals surface area contributed by atoms with Crippen LogP contribution in [-0.2, 0) is 0 Å². The number of benzene rings is 1. The molecule has 1 aromatic carbocycles. The average molecular weight is 299 g/mol. The molecular formula is C14H16ClFN2S. The van der Waals surface area contributed by atoms with Gasteiger partial charge in [-0.15, -0.1) is 0 Å². The van der Waals surface area contributed by atoms with Gasteiger partial charge in [0.05, 0.1) is 16.8 Å². The maximum Gasteiger partial charge on any atom is 0.165 e. The molecular weight excluding hydrogens is 283 g/mol. The lowest BCUT2D eigenvalue weighted by molar-refractivity contribution is 0.336. The number of anilines is 1. The summed E-state index contributed by atoms with van der Waals surface area (Å²) in [7, 11) is 0. The Morgan fingerprint density at radius 1 is 1.32 bits per heavy atom. The van der Waals surface area contributed by atoms with Gasteiger partial charge in [0.25, 0.3) is 0 Å². The van der Waals surface area contributed by atoms with Gasteiger partial charge in [0, 0.05) is 5.75 Å². The van der Waals surface area contributed by atoms with E-state index in [1.807, 2.05) is 0 Å². The Bertz CT molecular complexity index is 506. The Morgan fingerprint density at radius 3 is 3.05 bits per heavy atom. The monoisotopic (exact) mass is 298 g/mol. The van der Waals surface area contributed by atoms with Crippen LogP contribution in [0.25, 0.3) is 0 Å². The summed E-state index contributed by atoms with van der Waals surface area (Å²) in [5.74, 6) is 1.38. The number of rotatable bonds is 1. The van der Waals surface area contributed by atoms with Crippen LogP contribution in [0.1, 0.15) is 25.7 Å². The summed E-state index contributed by atoms with van der Waals surface area (Å²) in [5, 5.41) is 4.04. The fourth-order valence-electron chi connectivity index (χ4n) is 2.71. The zero-order valence-electron chi connectivity index (χ0n) is 10.5. The van der Waals surface area contributed by atoms with E-state index in [0.717, 1.165) is 17.3 Å². The molecule has 19 heavy (non-hydrogen) atoms. The number of nitrogens with zero attached hydrogens (tertiary/aromatic N) is 1. The van der Waals surface area contributed by atoms with E-state index in [4.69, 9.17) is 16.6 Å². The largest absolute Gasteiger partial charge is 0.333 e. The van der Waals surface area contributed by atoms with Crippen molar-refractivity contribution in [2.24, 2.45) is 10.9 Å². The second kappa shape index (κ2) is 5.71. The minimum atomic E-state index is -0.404. The van der Waals surface area contributed by atoms with Gasteiger partial charge in [-0.2, -0.15) is 0 Å². The van der Waals surface area contributed by atoms with Crippen molar-refractivity contribution in [1.29, 1.82) is 0 Å². The third-order valence-corrected chi connectivity index (χ3v) is 5.15. The number of halogens is 2. The van der Waals surface area contributed by atoms with Crippen molar-refractivity contribution < 1.29 is 4.39 Å². The van der Waals surface area contributed by atoms with Crippen molar-refractivity contribution in [2.75, 3.05) is 11.1 Å². The molecule has 2 unspecified atom stereocenters. The average Bonchev–Trinajstić information content (AvgIpc) is 2.44. The Kier molecular flexibility index (Phi) is 3.99. The molecule has 5 heteroatoms. The molecule has 1 heterocycles. The number of nitrogens with one attached hydrogen (secondary N) is 1. The first-order valence-electron chi connectivity index (χ1n) is 6.65. The summed E-state index contributed by atoms with van der Waals surface area (Å²) in [4.78, 5) is 4.73. The highest BCUT2D eigenvalue weighted by atomic mass is 35.5. The maximum absolute atomic E-state index is 13.8. The smallest absolute Gasteiger partial charge is 0.165 e. The van der Waals surface area contributed by atoms with Crippen molar-refractivity contribution in [1.82, 2.24) is 0 Å². The Labute approximate surface area is 121 Å². The van der Waals surface area contributed by atoms with Crippen LogP contribution in [0, 0.1) is 11.7 Å². The number of fused-ring (bicyclic) bond motifs is 1. The molecule has 1 aliphatic carbocycles. The van der Waals surface area contributed by atoms with E-state index in [0.29, 0.717) is 17.6 Å². The number of thioether (sulfide) groups is 1. The first kappa shape index (κ1) is 13.3. The molecule has 3 rings (SSSR count). The third-order valence-electron chi connectivity index (χ3n) is 3.78. The van der Waals surface area contributed by atoms with Gasteiger partial charge in [0.15, 0.2) is 11.0 Å². The van der Waals surface area contributed by atoms with Gasteiger partial charge in [0.1, 0.15) is 0 Å². The Morgan fingerprint density at radius 2 is 2.16 bits per heavy atom. The standard InChI is InChI=1S/C14H16ClFN2S/c15-10-5-3-7-12(13(10)16)18-14-17-11-6-2-1-4-9(11)8-19-14/h3,5,7,9,11H,1-2,4,6,8H2,(H,17,18). The van der Waals surface area contributed by atoms with Crippen LogP contribution in [0.5, 0.6) is 0 Å². The maximum atomic E-state index is 13.8. The third kappa shape index (κ3) is 2.90. The molecule has 0 amide bonds. The molecule has 1 saturated carbocycles. The first-order chi connectivity index (χ1) is 9.24. The van der Waals surface area contributed by atoms with E-state index in [-0.39, 0.29) is 5.02 Å². The zero-order valence-corrected chi connectivity index (χ0v) is 12.1. The number of aliphatic imine (C=N–C) groups is 1. The van der Waals surface area contributed by atoms with Crippen molar-refractivity contribution in [2.45, 2.75) is 31.7 Å². The molecule has 1 aliphatic heterocycles. The molecule has 0 saturated heterocycles. The molecule has 102 valence electrons. The van der Waals surface area contributed by atoms with Gasteiger partial charge < -0.3 is 5.32 Å². The lowest BCUT2D eigenvalue weighted by atomic mass is 9.86. The molecule has 1 N–H and O–H groups in total. The van der Waals surface area contributed by atoms with E-state index in [2.05, 4.69) is 5.32 Å². The summed E-state index contributed by atoms with van der Waals surface area (Å²) < 4.78 is 13.8. The number of hydrogen-bond donors (Lipinski definition) is 1. The number of hydrogen-bond acceptors (Lipinski definition) is 3. The van der Waals surface area contributed by atoms with E-state index in [1.165, 1.54) is 19.3 Å². The lowest BCUT2D eigenvalue weighted by Crippen LogP contribution is -2.31. The van der Waals surface area contributed by atoms with Crippen molar-refractivity contribution in [3.05, 3.63) is 29.0 Å². The second-order valence-corrected chi connectivity index (χ2v) is 6.50. The summed E-state index contributed by atoms with van der Waals surface area (Å²) in [6, 6.07) is 5.40. The molecule has 0 aromatic heterocycles. The first-order valence-corrected chi connectivity index (χ1v) is 8.02. The van der Waals surface area contributed by atoms with Gasteiger partial charge in [-0.05, 0) is 30.9 Å². The Hall–Kier alpha value is -0.740. The van der Waals surface area contributed by atoms with Crippen LogP contribution in [0.15, 0.2) is 23.2 Å². The minimum Gasteiger partial charge on any atom is -0.333 e. The van der Waals surface area contributed by atoms with E-state index >= 15 is 0 Å². The molecule has 0 radical (unpaired) electrons. The SMILES string of the molecule is Fc1c(Cl)cccc1NC1=NC2CCCCC2CS1. The molecule has 1 fully saturated rings. The molecule has 0 spiro atoms. The van der Waals surface area contributed by atoms with Crippen LogP contribution in [-0.4, -0.2) is 17.0 Å². The van der Waals surface area contributed by atoms with Crippen molar-refractivity contribution in [3.63, 3.8) is 0 Å². The highest BCUT2D eigenvalue weighted by Gasteiger charge is 2.29. The highest BCUT2D eigenvalue weighted by Crippen LogP contribution is 2.34. The minimum absolute atomic E-state index is 0.141. The fraction of sp³-hybridized carbons (Fsp3) is 0.500. The van der Waals surface area contributed by atoms with Crippen LogP contribution < -0.4 is 5.32 Å². The number of amidine groups is 1. The van der Waals surface area contributed by atoms with E-state index in [1.54, 1.807) is 30.0 Å². The van der Waals surface area contributed by atoms with Gasteiger partial charge >= 0.3 is 0 Å². The van der Waals surface area contributed by atoms with Gasteiger partial charge in [-0.25, -0.2) is 4.39 Å². The van der Waals surface area contributed by atoms with Crippen LogP contribution in [0.2, 0.25) is 5.02 Å². The molecule has 2 nitrogen and oxygen atoms in total. The van der Waals surface area contributed by atoms with Crippen LogP contribution in [0.3, 0.4) is 0 Å². The second-order valence-electron chi connectivity index (χ2n) is 5.08. The van der Waals surface area contributed by atoms with Crippen molar-refractivity contribution >= 4 is 34.2 Å². The van der Waals surface area contributed by atoms with E-state index < -0.39 is 5.82 Å². The van der Waals surface area contributed by atoms with Crippen LogP contribution in [0.4, 0.5) is 10.1 Å². The summed E-state index contributed by atoms with van der Waals surface area (Å²) in [5.41, 5.74) is 0.410. The normalized spacial score (nSPS) is 26.5. The van der Waals surface area contributed by atoms with Gasteiger partial charge in [-0.1, -0.05) is 42.3 Å². The summed E-state index contributed by atoms with van der Waals surface area (Å²) in [6.07, 6.45) is 5.02. The van der Waals surface area contributed by atoms with Crippen LogP contribution >= 0.6 is 23.4 Å². The predicted molar refractivity (Wildman–Crippen MR) is 80.7 cm³/mol. The molecule has 2 atom stereocenters. The highest BCUT2D eigenvalue weighted by molar-refractivity contribution is 8.14. The van der Waals surface area contributed by atoms with Gasteiger partial charge in [0.2, 0.25) is 0 Å². The molecule has 1 aromatic rings. The summed E-state index contributed by atoms with van der Waals surface area (Å²) >= 11 is 7.47. The predicted octanol–water partition coefficient (Wildman–Crippen LogP) is 4.55. The topological polar surface area (TPSA) is 24.4 Å². The van der Waals surface area contributed by atoms with Gasteiger partial charge in [-0.3, -0.25) is 4.99 Å². The lowest BCUT2D eigenvalue weighted by Gasteiger charge is -2.32. The zero-order chi connectivity index (χ0) is 13.2. The molecule has 0 bridgehead atoms.